The first-order chi connectivity index (χ1) is 11.5. The van der Waals surface area contributed by atoms with E-state index in [0.29, 0.717) is 6.42 Å². The van der Waals surface area contributed by atoms with Crippen molar-refractivity contribution in [2.24, 2.45) is 7.05 Å². The first kappa shape index (κ1) is 16.7. The van der Waals surface area contributed by atoms with Gasteiger partial charge >= 0.3 is 0 Å². The molecule has 2 aromatic rings. The van der Waals surface area contributed by atoms with Crippen LogP contribution >= 0.6 is 0 Å². The zero-order valence-corrected chi connectivity index (χ0v) is 14.6. The van der Waals surface area contributed by atoms with Crippen LogP contribution in [0.1, 0.15) is 62.4 Å². The average Bonchev–Trinajstić information content (AvgIpc) is 3.22. The first-order valence-corrected chi connectivity index (χ1v) is 8.62. The maximum Gasteiger partial charge on any atom is 0.229 e. The normalized spacial score (nSPS) is 16.1. The molecule has 130 valence electrons. The Labute approximate surface area is 142 Å². The van der Waals surface area contributed by atoms with Crippen molar-refractivity contribution in [1.29, 1.82) is 0 Å². The van der Waals surface area contributed by atoms with E-state index in [9.17, 15) is 4.79 Å². The van der Waals surface area contributed by atoms with E-state index in [2.05, 4.69) is 29.1 Å². The van der Waals surface area contributed by atoms with E-state index in [1.807, 2.05) is 22.7 Å². The minimum Gasteiger partial charge on any atom is -0.343 e. The molecule has 24 heavy (non-hydrogen) atoms. The Morgan fingerprint density at radius 3 is 2.71 bits per heavy atom. The largest absolute Gasteiger partial charge is 0.343 e. The number of carbonyl (C=O) groups excluding carboxylic acids is 1. The zero-order chi connectivity index (χ0) is 17.1. The molecule has 0 aromatic carbocycles. The second kappa shape index (κ2) is 7.15. The van der Waals surface area contributed by atoms with Crippen molar-refractivity contribution < 1.29 is 9.32 Å². The molecule has 1 amide bonds. The smallest absolute Gasteiger partial charge is 0.229 e. The number of aryl methyl sites for hydroxylation is 2. The van der Waals surface area contributed by atoms with E-state index in [-0.39, 0.29) is 17.7 Å². The van der Waals surface area contributed by atoms with E-state index in [0.717, 1.165) is 49.8 Å². The summed E-state index contributed by atoms with van der Waals surface area (Å²) in [4.78, 5) is 18.8. The molecule has 0 saturated carbocycles. The van der Waals surface area contributed by atoms with Gasteiger partial charge in [-0.25, -0.2) is 0 Å². The molecule has 3 heterocycles. The van der Waals surface area contributed by atoms with Crippen molar-refractivity contribution in [3.8, 4) is 0 Å². The van der Waals surface area contributed by atoms with Gasteiger partial charge in [0.05, 0.1) is 0 Å². The van der Waals surface area contributed by atoms with E-state index in [4.69, 9.17) is 4.52 Å². The lowest BCUT2D eigenvalue weighted by atomic mass is 9.96. The lowest BCUT2D eigenvalue weighted by molar-refractivity contribution is -0.132. The highest BCUT2D eigenvalue weighted by Gasteiger charge is 2.27. The highest BCUT2D eigenvalue weighted by atomic mass is 16.5. The Bertz CT molecular complexity index is 683. The molecule has 1 aliphatic rings. The molecule has 3 rings (SSSR count). The Balaban J connectivity index is 1.49. The first-order valence-electron chi connectivity index (χ1n) is 8.62. The summed E-state index contributed by atoms with van der Waals surface area (Å²) in [5.41, 5.74) is 1.09. The molecule has 0 N–H and O–H groups in total. The van der Waals surface area contributed by atoms with Crippen molar-refractivity contribution in [3.63, 3.8) is 0 Å². The summed E-state index contributed by atoms with van der Waals surface area (Å²) in [6.07, 6.45) is 4.80. The fourth-order valence-corrected chi connectivity index (χ4v) is 3.06. The number of hydrogen-bond donors (Lipinski definition) is 0. The van der Waals surface area contributed by atoms with Gasteiger partial charge in [-0.3, -0.25) is 9.48 Å². The maximum atomic E-state index is 12.4. The summed E-state index contributed by atoms with van der Waals surface area (Å²) < 4.78 is 7.22. The standard InChI is InChI=1S/C17H25N5O2/c1-12(2)16-19-17(24-20-16)13-7-10-22(11-8-13)15(23)5-4-14-6-9-18-21(14)3/h6,9,12-13H,4-5,7-8,10-11H2,1-3H3. The molecule has 1 saturated heterocycles. The molecule has 1 fully saturated rings. The van der Waals surface area contributed by atoms with Crippen LogP contribution in [0.25, 0.3) is 0 Å². The molecule has 7 nitrogen and oxygen atoms in total. The predicted octanol–water partition coefficient (Wildman–Crippen LogP) is 2.27. The molecular formula is C17H25N5O2. The van der Waals surface area contributed by atoms with Crippen molar-refractivity contribution in [3.05, 3.63) is 29.7 Å². The summed E-state index contributed by atoms with van der Waals surface area (Å²) in [6, 6.07) is 1.96. The summed E-state index contributed by atoms with van der Waals surface area (Å²) in [5.74, 6) is 2.24. The van der Waals surface area contributed by atoms with E-state index in [1.165, 1.54) is 0 Å². The zero-order valence-electron chi connectivity index (χ0n) is 14.6. The number of carbonyl (C=O) groups is 1. The van der Waals surface area contributed by atoms with Gasteiger partial charge in [0.25, 0.3) is 0 Å². The molecule has 0 aliphatic carbocycles. The monoisotopic (exact) mass is 331 g/mol. The predicted molar refractivity (Wildman–Crippen MR) is 88.5 cm³/mol. The van der Waals surface area contributed by atoms with Crippen molar-refractivity contribution in [2.45, 2.75) is 51.4 Å². The van der Waals surface area contributed by atoms with Gasteiger partial charge in [0.2, 0.25) is 11.8 Å². The van der Waals surface area contributed by atoms with E-state index in [1.54, 1.807) is 6.20 Å². The Morgan fingerprint density at radius 1 is 1.38 bits per heavy atom. The number of rotatable bonds is 5. The molecular weight excluding hydrogens is 306 g/mol. The number of aromatic nitrogens is 4. The molecule has 0 unspecified atom stereocenters. The number of amides is 1. The van der Waals surface area contributed by atoms with Crippen LogP contribution in [0, 0.1) is 0 Å². The second-order valence-electron chi connectivity index (χ2n) is 6.75. The van der Waals surface area contributed by atoms with Gasteiger partial charge < -0.3 is 9.42 Å². The Hall–Kier alpha value is -2.18. The molecule has 0 radical (unpaired) electrons. The summed E-state index contributed by atoms with van der Waals surface area (Å²) >= 11 is 0. The van der Waals surface area contributed by atoms with Crippen LogP contribution < -0.4 is 0 Å². The van der Waals surface area contributed by atoms with Crippen molar-refractivity contribution in [1.82, 2.24) is 24.8 Å². The highest BCUT2D eigenvalue weighted by molar-refractivity contribution is 5.76. The second-order valence-corrected chi connectivity index (χ2v) is 6.75. The molecule has 7 heteroatoms. The maximum absolute atomic E-state index is 12.4. The SMILES string of the molecule is CC(C)c1noc(C2CCN(C(=O)CCc3ccnn3C)CC2)n1. The lowest BCUT2D eigenvalue weighted by Gasteiger charge is -2.30. The molecule has 1 aliphatic heterocycles. The summed E-state index contributed by atoms with van der Waals surface area (Å²) in [6.45, 7) is 5.62. The van der Waals surface area contributed by atoms with Crippen molar-refractivity contribution >= 4 is 5.91 Å². The third kappa shape index (κ3) is 3.66. The topological polar surface area (TPSA) is 77.0 Å². The minimum absolute atomic E-state index is 0.211. The quantitative estimate of drug-likeness (QED) is 0.840. The molecule has 0 spiro atoms. The fourth-order valence-electron chi connectivity index (χ4n) is 3.06. The summed E-state index contributed by atoms with van der Waals surface area (Å²) in [7, 11) is 1.90. The van der Waals surface area contributed by atoms with Crippen LogP contribution in [0.15, 0.2) is 16.8 Å². The van der Waals surface area contributed by atoms with Gasteiger partial charge in [-0.15, -0.1) is 0 Å². The van der Waals surface area contributed by atoms with Gasteiger partial charge in [-0.1, -0.05) is 19.0 Å². The van der Waals surface area contributed by atoms with Gasteiger partial charge in [-0.2, -0.15) is 10.1 Å². The van der Waals surface area contributed by atoms with Crippen LogP contribution in [0.2, 0.25) is 0 Å². The third-order valence-electron chi connectivity index (χ3n) is 4.69. The van der Waals surface area contributed by atoms with E-state index >= 15 is 0 Å². The van der Waals surface area contributed by atoms with Gasteiger partial charge in [0, 0.05) is 50.3 Å². The number of nitrogens with zero attached hydrogens (tertiary/aromatic N) is 5. The average molecular weight is 331 g/mol. The third-order valence-corrected chi connectivity index (χ3v) is 4.69. The number of hydrogen-bond acceptors (Lipinski definition) is 5. The van der Waals surface area contributed by atoms with Gasteiger partial charge in [0.15, 0.2) is 5.82 Å². The molecule has 2 aromatic heterocycles. The van der Waals surface area contributed by atoms with Crippen LogP contribution in [0.4, 0.5) is 0 Å². The van der Waals surface area contributed by atoms with E-state index < -0.39 is 0 Å². The van der Waals surface area contributed by atoms with Crippen LogP contribution in [0.3, 0.4) is 0 Å². The van der Waals surface area contributed by atoms with Gasteiger partial charge in [-0.05, 0) is 25.3 Å². The summed E-state index contributed by atoms with van der Waals surface area (Å²) in [5, 5.41) is 8.17. The highest BCUT2D eigenvalue weighted by Crippen LogP contribution is 2.28. The molecule has 0 bridgehead atoms. The van der Waals surface area contributed by atoms with Crippen LogP contribution in [0.5, 0.6) is 0 Å². The number of likely N-dealkylation sites (tertiary alicyclic amines) is 1. The van der Waals surface area contributed by atoms with Crippen LogP contribution in [-0.4, -0.2) is 43.8 Å². The Morgan fingerprint density at radius 2 is 2.12 bits per heavy atom. The Kier molecular flexibility index (Phi) is 4.97. The lowest BCUT2D eigenvalue weighted by Crippen LogP contribution is -2.38. The number of piperidine rings is 1. The van der Waals surface area contributed by atoms with Crippen LogP contribution in [-0.2, 0) is 18.3 Å². The van der Waals surface area contributed by atoms with Gasteiger partial charge in [0.1, 0.15) is 0 Å². The van der Waals surface area contributed by atoms with Crippen molar-refractivity contribution in [2.75, 3.05) is 13.1 Å². The molecule has 0 atom stereocenters. The fraction of sp³-hybridized carbons (Fsp3) is 0.647. The minimum atomic E-state index is 0.211.